The summed E-state index contributed by atoms with van der Waals surface area (Å²) >= 11 is 0. The second-order valence-electron chi connectivity index (χ2n) is 4.69. The molecule has 2 N–H and O–H groups in total. The third kappa shape index (κ3) is 3.22. The summed E-state index contributed by atoms with van der Waals surface area (Å²) in [5, 5.41) is 18.5. The van der Waals surface area contributed by atoms with E-state index in [4.69, 9.17) is 14.6 Å². The first-order valence-corrected chi connectivity index (χ1v) is 6.39. The molecule has 0 amide bonds. The van der Waals surface area contributed by atoms with E-state index in [0.717, 1.165) is 25.0 Å². The summed E-state index contributed by atoms with van der Waals surface area (Å²) in [6, 6.07) is 9.50. The van der Waals surface area contributed by atoms with Crippen molar-refractivity contribution in [1.29, 1.82) is 0 Å². The van der Waals surface area contributed by atoms with Crippen LogP contribution in [0.25, 0.3) is 0 Å². The molecule has 1 aromatic rings. The molecule has 1 fully saturated rings. The van der Waals surface area contributed by atoms with Crippen molar-refractivity contribution < 1.29 is 19.7 Å². The van der Waals surface area contributed by atoms with Gasteiger partial charge in [0.25, 0.3) is 0 Å². The van der Waals surface area contributed by atoms with Gasteiger partial charge in [0.05, 0.1) is 12.2 Å². The van der Waals surface area contributed by atoms with Gasteiger partial charge in [-0.15, -0.1) is 0 Å². The Hall–Kier alpha value is -1.10. The molecule has 100 valence electrons. The molecule has 2 unspecified atom stereocenters. The Labute approximate surface area is 107 Å². The molecule has 0 aromatic heterocycles. The Balaban J connectivity index is 1.98. The lowest BCUT2D eigenvalue weighted by molar-refractivity contribution is -0.219. The molecule has 1 saturated heterocycles. The van der Waals surface area contributed by atoms with E-state index in [1.807, 2.05) is 30.3 Å². The first kappa shape index (κ1) is 13.3. The highest BCUT2D eigenvalue weighted by Gasteiger charge is 2.37. The van der Waals surface area contributed by atoms with E-state index in [-0.39, 0.29) is 19.5 Å². The molecule has 0 radical (unpaired) electrons. The van der Waals surface area contributed by atoms with E-state index < -0.39 is 5.60 Å². The highest BCUT2D eigenvalue weighted by Crippen LogP contribution is 2.32. The normalized spacial score (nSPS) is 28.0. The monoisotopic (exact) mass is 252 g/mol. The van der Waals surface area contributed by atoms with Gasteiger partial charge in [0, 0.05) is 19.4 Å². The molecular weight excluding hydrogens is 232 g/mol. The predicted molar refractivity (Wildman–Crippen MR) is 67.3 cm³/mol. The van der Waals surface area contributed by atoms with Crippen molar-refractivity contribution in [3.63, 3.8) is 0 Å². The van der Waals surface area contributed by atoms with Crippen LogP contribution in [0.4, 0.5) is 0 Å². The maximum absolute atomic E-state index is 9.46. The van der Waals surface area contributed by atoms with Gasteiger partial charge >= 0.3 is 0 Å². The smallest absolute Gasteiger partial charge is 0.200 e. The van der Waals surface area contributed by atoms with Crippen LogP contribution in [0.1, 0.15) is 25.7 Å². The first-order chi connectivity index (χ1) is 8.78. The van der Waals surface area contributed by atoms with Gasteiger partial charge in [-0.3, -0.25) is 0 Å². The summed E-state index contributed by atoms with van der Waals surface area (Å²) in [5.41, 5.74) is -0.646. The van der Waals surface area contributed by atoms with Crippen molar-refractivity contribution in [1.82, 2.24) is 0 Å². The molecule has 18 heavy (non-hydrogen) atoms. The van der Waals surface area contributed by atoms with E-state index in [1.165, 1.54) is 0 Å². The molecule has 1 heterocycles. The number of para-hydroxylation sites is 1. The number of hydrogen-bond acceptors (Lipinski definition) is 4. The van der Waals surface area contributed by atoms with Crippen LogP contribution in [0.5, 0.6) is 5.75 Å². The Bertz CT molecular complexity index is 350. The van der Waals surface area contributed by atoms with Crippen LogP contribution < -0.4 is 4.74 Å². The third-order valence-corrected chi connectivity index (χ3v) is 3.32. The highest BCUT2D eigenvalue weighted by molar-refractivity contribution is 5.21. The summed E-state index contributed by atoms with van der Waals surface area (Å²) in [6.07, 6.45) is 2.59. The Kier molecular flexibility index (Phi) is 4.58. The number of aliphatic hydroxyl groups is 2. The summed E-state index contributed by atoms with van der Waals surface area (Å²) in [4.78, 5) is 0. The molecule has 0 spiro atoms. The van der Waals surface area contributed by atoms with Gasteiger partial charge in [0.1, 0.15) is 5.75 Å². The molecule has 0 bridgehead atoms. The van der Waals surface area contributed by atoms with E-state index in [2.05, 4.69) is 0 Å². The SMILES string of the molecule is OCCC1(CO)CCCC(Oc2ccccc2)O1. The fourth-order valence-corrected chi connectivity index (χ4v) is 2.30. The van der Waals surface area contributed by atoms with E-state index in [1.54, 1.807) is 0 Å². The Morgan fingerprint density at radius 3 is 2.72 bits per heavy atom. The van der Waals surface area contributed by atoms with Crippen LogP contribution in [0.3, 0.4) is 0 Å². The molecular formula is C14H20O4. The van der Waals surface area contributed by atoms with Gasteiger partial charge in [-0.05, 0) is 25.0 Å². The molecule has 2 atom stereocenters. The second-order valence-corrected chi connectivity index (χ2v) is 4.69. The largest absolute Gasteiger partial charge is 0.465 e. The maximum Gasteiger partial charge on any atom is 0.200 e. The van der Waals surface area contributed by atoms with Gasteiger partial charge in [-0.1, -0.05) is 18.2 Å². The molecule has 1 aliphatic rings. The van der Waals surface area contributed by atoms with Crippen LogP contribution in [-0.4, -0.2) is 35.3 Å². The van der Waals surface area contributed by atoms with Crippen LogP contribution in [-0.2, 0) is 4.74 Å². The lowest BCUT2D eigenvalue weighted by Gasteiger charge is -2.39. The van der Waals surface area contributed by atoms with Crippen molar-refractivity contribution in [2.45, 2.75) is 37.6 Å². The minimum Gasteiger partial charge on any atom is -0.465 e. The molecule has 4 nitrogen and oxygen atoms in total. The molecule has 0 saturated carbocycles. The lowest BCUT2D eigenvalue weighted by atomic mass is 9.91. The maximum atomic E-state index is 9.46. The van der Waals surface area contributed by atoms with E-state index >= 15 is 0 Å². The van der Waals surface area contributed by atoms with Gasteiger partial charge in [0.15, 0.2) is 0 Å². The molecule has 1 aliphatic heterocycles. The summed E-state index contributed by atoms with van der Waals surface area (Å²) < 4.78 is 11.6. The van der Waals surface area contributed by atoms with Crippen LogP contribution in [0.2, 0.25) is 0 Å². The number of hydrogen-bond donors (Lipinski definition) is 2. The topological polar surface area (TPSA) is 58.9 Å². The molecule has 2 rings (SSSR count). The van der Waals surface area contributed by atoms with Crippen molar-refractivity contribution in [3.8, 4) is 5.75 Å². The second kappa shape index (κ2) is 6.18. The fraction of sp³-hybridized carbons (Fsp3) is 0.571. The van der Waals surface area contributed by atoms with Gasteiger partial charge in [-0.25, -0.2) is 0 Å². The molecule has 1 aromatic carbocycles. The fourth-order valence-electron chi connectivity index (χ4n) is 2.30. The summed E-state index contributed by atoms with van der Waals surface area (Å²) in [5.74, 6) is 0.764. The minimum atomic E-state index is -0.646. The standard InChI is InChI=1S/C14H20O4/c15-10-9-14(11-16)8-4-7-13(18-14)17-12-5-2-1-3-6-12/h1-3,5-6,13,15-16H,4,7-11H2. The van der Waals surface area contributed by atoms with Gasteiger partial charge in [0.2, 0.25) is 6.29 Å². The zero-order valence-electron chi connectivity index (χ0n) is 10.4. The zero-order valence-corrected chi connectivity index (χ0v) is 10.4. The van der Waals surface area contributed by atoms with Crippen molar-refractivity contribution in [3.05, 3.63) is 30.3 Å². The van der Waals surface area contributed by atoms with Crippen LogP contribution >= 0.6 is 0 Å². The number of benzene rings is 1. The summed E-state index contributed by atoms with van der Waals surface area (Å²) in [6.45, 7) is -0.0686. The number of aliphatic hydroxyl groups excluding tert-OH is 2. The van der Waals surface area contributed by atoms with E-state index in [0.29, 0.717) is 6.42 Å². The highest BCUT2D eigenvalue weighted by atomic mass is 16.7. The average molecular weight is 252 g/mol. The molecule has 4 heteroatoms. The zero-order chi connectivity index (χ0) is 12.8. The van der Waals surface area contributed by atoms with Crippen LogP contribution in [0, 0.1) is 0 Å². The molecule has 0 aliphatic carbocycles. The minimum absolute atomic E-state index is 0.0125. The van der Waals surface area contributed by atoms with Gasteiger partial charge < -0.3 is 19.7 Å². The quantitative estimate of drug-likeness (QED) is 0.837. The number of rotatable bonds is 5. The average Bonchev–Trinajstić information content (AvgIpc) is 2.41. The van der Waals surface area contributed by atoms with Crippen molar-refractivity contribution in [2.24, 2.45) is 0 Å². The number of ether oxygens (including phenoxy) is 2. The van der Waals surface area contributed by atoms with Crippen molar-refractivity contribution >= 4 is 0 Å². The van der Waals surface area contributed by atoms with Crippen molar-refractivity contribution in [2.75, 3.05) is 13.2 Å². The summed E-state index contributed by atoms with van der Waals surface area (Å²) in [7, 11) is 0. The van der Waals surface area contributed by atoms with Gasteiger partial charge in [-0.2, -0.15) is 0 Å². The predicted octanol–water partition coefficient (Wildman–Crippen LogP) is 1.71. The van der Waals surface area contributed by atoms with E-state index in [9.17, 15) is 5.11 Å². The lowest BCUT2D eigenvalue weighted by Crippen LogP contribution is -2.46. The Morgan fingerprint density at radius 2 is 2.06 bits per heavy atom. The Morgan fingerprint density at radius 1 is 1.28 bits per heavy atom. The van der Waals surface area contributed by atoms with Crippen LogP contribution in [0.15, 0.2) is 30.3 Å². The third-order valence-electron chi connectivity index (χ3n) is 3.32. The first-order valence-electron chi connectivity index (χ1n) is 6.39.